The molecule has 1 aromatic heterocycles. The molecule has 10 nitrogen and oxygen atoms in total. The maximum Gasteiger partial charge on any atom is 0.222 e. The molecule has 1 aliphatic heterocycles. The lowest BCUT2D eigenvalue weighted by atomic mass is 9.95. The molecule has 2 amide bonds. The lowest BCUT2D eigenvalue weighted by molar-refractivity contribution is -0.132. The Morgan fingerprint density at radius 2 is 1.80 bits per heavy atom. The third kappa shape index (κ3) is 5.87. The molecule has 0 saturated carbocycles. The zero-order chi connectivity index (χ0) is 32.4. The van der Waals surface area contributed by atoms with E-state index in [1.54, 1.807) is 33.5 Å². The molecular weight excluding hydrogens is 584 g/mol. The number of hydrogen-bond donors (Lipinski definition) is 3. The first-order chi connectivity index (χ1) is 22.3. The molecule has 3 N–H and O–H groups in total. The molecule has 1 aliphatic carbocycles. The first-order valence-corrected chi connectivity index (χ1v) is 15.7. The van der Waals surface area contributed by atoms with E-state index in [0.717, 1.165) is 34.3 Å². The highest BCUT2D eigenvalue weighted by Gasteiger charge is 2.29. The highest BCUT2D eigenvalue weighted by molar-refractivity contribution is 5.86. The van der Waals surface area contributed by atoms with E-state index in [1.165, 1.54) is 17.9 Å². The summed E-state index contributed by atoms with van der Waals surface area (Å²) in [4.78, 5) is 44.3. The molecule has 1 atom stereocenters. The van der Waals surface area contributed by atoms with Crippen molar-refractivity contribution in [3.8, 4) is 28.4 Å². The minimum absolute atomic E-state index is 0.102. The number of aromatic amines is 1. The molecule has 240 valence electrons. The Kier molecular flexibility index (Phi) is 8.87. The fourth-order valence-corrected chi connectivity index (χ4v) is 6.88. The van der Waals surface area contributed by atoms with E-state index in [9.17, 15) is 14.4 Å². The van der Waals surface area contributed by atoms with Crippen LogP contribution in [0.3, 0.4) is 0 Å². The van der Waals surface area contributed by atoms with Crippen LogP contribution >= 0.6 is 0 Å². The average Bonchev–Trinajstić information content (AvgIpc) is 3.27. The van der Waals surface area contributed by atoms with Crippen LogP contribution in [0, 0.1) is 0 Å². The summed E-state index contributed by atoms with van der Waals surface area (Å²) >= 11 is 0. The molecule has 0 bridgehead atoms. The fourth-order valence-electron chi connectivity index (χ4n) is 6.88. The van der Waals surface area contributed by atoms with Gasteiger partial charge in [-0.15, -0.1) is 0 Å². The number of methoxy groups -OCH3 is 3. The Morgan fingerprint density at radius 3 is 2.57 bits per heavy atom. The maximum atomic E-state index is 13.6. The van der Waals surface area contributed by atoms with E-state index in [4.69, 9.17) is 14.2 Å². The molecule has 46 heavy (non-hydrogen) atoms. The monoisotopic (exact) mass is 624 g/mol. The number of hydrogen-bond acceptors (Lipinski definition) is 7. The fraction of sp³-hybridized carbons (Fsp3) is 0.361. The van der Waals surface area contributed by atoms with Crippen molar-refractivity contribution >= 4 is 28.4 Å². The van der Waals surface area contributed by atoms with Crippen molar-refractivity contribution in [3.63, 3.8) is 0 Å². The number of ether oxygens (including phenoxy) is 3. The van der Waals surface area contributed by atoms with Crippen molar-refractivity contribution < 1.29 is 23.8 Å². The number of para-hydroxylation sites is 1. The first kappa shape index (κ1) is 31.0. The van der Waals surface area contributed by atoms with Gasteiger partial charge in [0.05, 0.1) is 39.6 Å². The smallest absolute Gasteiger partial charge is 0.222 e. The van der Waals surface area contributed by atoms with Crippen LogP contribution in [0.25, 0.3) is 22.0 Å². The van der Waals surface area contributed by atoms with Gasteiger partial charge >= 0.3 is 0 Å². The van der Waals surface area contributed by atoms with Gasteiger partial charge in [0.1, 0.15) is 0 Å². The van der Waals surface area contributed by atoms with Gasteiger partial charge in [-0.05, 0) is 72.2 Å². The average molecular weight is 625 g/mol. The number of amides is 2. The Balaban J connectivity index is 1.21. The topological polar surface area (TPSA) is 122 Å². The predicted molar refractivity (Wildman–Crippen MR) is 178 cm³/mol. The molecule has 2 aliphatic rings. The van der Waals surface area contributed by atoms with Crippen LogP contribution in [0.2, 0.25) is 0 Å². The van der Waals surface area contributed by atoms with Crippen molar-refractivity contribution in [2.75, 3.05) is 39.7 Å². The molecule has 6 rings (SSSR count). The Hall–Kier alpha value is -4.99. The summed E-state index contributed by atoms with van der Waals surface area (Å²) in [6.45, 7) is 3.21. The second-order valence-electron chi connectivity index (χ2n) is 11.8. The second-order valence-corrected chi connectivity index (χ2v) is 11.8. The lowest BCUT2D eigenvalue weighted by Gasteiger charge is -2.27. The van der Waals surface area contributed by atoms with Crippen LogP contribution in [0.1, 0.15) is 54.6 Å². The van der Waals surface area contributed by atoms with E-state index in [2.05, 4.69) is 27.8 Å². The van der Waals surface area contributed by atoms with Crippen LogP contribution < -0.4 is 30.3 Å². The zero-order valence-corrected chi connectivity index (χ0v) is 26.7. The molecule has 2 heterocycles. The summed E-state index contributed by atoms with van der Waals surface area (Å²) in [7, 11) is 4.71. The van der Waals surface area contributed by atoms with E-state index in [0.29, 0.717) is 73.8 Å². The molecule has 0 spiro atoms. The first-order valence-electron chi connectivity index (χ1n) is 15.7. The molecule has 10 heteroatoms. The van der Waals surface area contributed by atoms with Crippen molar-refractivity contribution in [3.05, 3.63) is 81.1 Å². The zero-order valence-electron chi connectivity index (χ0n) is 26.7. The third-order valence-corrected chi connectivity index (χ3v) is 9.03. The van der Waals surface area contributed by atoms with Gasteiger partial charge in [-0.2, -0.15) is 0 Å². The number of H-pyrrole nitrogens is 1. The lowest BCUT2D eigenvalue weighted by Crippen LogP contribution is -2.36. The van der Waals surface area contributed by atoms with Crippen molar-refractivity contribution in [2.45, 2.75) is 51.6 Å². The molecular formula is C36H40N4O6. The number of anilines is 1. The van der Waals surface area contributed by atoms with Gasteiger partial charge in [-0.3, -0.25) is 14.4 Å². The standard InChI is InChI=1S/C36H40N4O6/c1-21(41)38-28-13-11-22-18-32(44-2)35(45-3)36(46-4)34(22)25-12-14-29(31(42)19-26(25)28)37-16-7-10-33(43)40-17-15-24-23-8-5-6-9-27(23)39-30(24)20-40/h5-6,8-9,12,14,18-19,28,39H,7,10-11,13,15-17,20H2,1-4H3,(H,37,42)(H,38,41)/t28-/m1/s1. The highest BCUT2D eigenvalue weighted by atomic mass is 16.5. The Labute approximate surface area is 268 Å². The number of aryl methyl sites for hydroxylation is 1. The molecule has 0 radical (unpaired) electrons. The van der Waals surface area contributed by atoms with Crippen molar-refractivity contribution in [1.29, 1.82) is 0 Å². The largest absolute Gasteiger partial charge is 0.493 e. The molecule has 3 aromatic carbocycles. The Bertz CT molecular complexity index is 1870. The number of nitrogens with one attached hydrogen (secondary N) is 3. The third-order valence-electron chi connectivity index (χ3n) is 9.03. The summed E-state index contributed by atoms with van der Waals surface area (Å²) in [5.41, 5.74) is 6.98. The summed E-state index contributed by atoms with van der Waals surface area (Å²) in [5.74, 6) is 1.43. The predicted octanol–water partition coefficient (Wildman–Crippen LogP) is 5.12. The van der Waals surface area contributed by atoms with Gasteiger partial charge < -0.3 is 34.7 Å². The van der Waals surface area contributed by atoms with Crippen LogP contribution in [-0.4, -0.2) is 56.1 Å². The quantitative estimate of drug-likeness (QED) is 0.221. The number of aromatic nitrogens is 1. The van der Waals surface area contributed by atoms with E-state index >= 15 is 0 Å². The van der Waals surface area contributed by atoms with E-state index < -0.39 is 0 Å². The van der Waals surface area contributed by atoms with Crippen LogP contribution in [0.4, 0.5) is 5.69 Å². The summed E-state index contributed by atoms with van der Waals surface area (Å²) in [6, 6.07) is 15.1. The minimum Gasteiger partial charge on any atom is -0.493 e. The van der Waals surface area contributed by atoms with E-state index in [-0.39, 0.29) is 23.3 Å². The normalized spacial score (nSPS) is 15.2. The number of rotatable bonds is 9. The summed E-state index contributed by atoms with van der Waals surface area (Å²) < 4.78 is 17.1. The van der Waals surface area contributed by atoms with Crippen molar-refractivity contribution in [1.82, 2.24) is 15.2 Å². The minimum atomic E-state index is -0.380. The van der Waals surface area contributed by atoms with Crippen LogP contribution in [-0.2, 0) is 29.0 Å². The van der Waals surface area contributed by atoms with Gasteiger partial charge in [0.2, 0.25) is 23.0 Å². The molecule has 0 fully saturated rings. The van der Waals surface area contributed by atoms with Gasteiger partial charge in [0.25, 0.3) is 0 Å². The van der Waals surface area contributed by atoms with Gasteiger partial charge in [0, 0.05) is 48.6 Å². The van der Waals surface area contributed by atoms with Gasteiger partial charge in [0.15, 0.2) is 11.5 Å². The Morgan fingerprint density at radius 1 is 1.00 bits per heavy atom. The number of carbonyl (C=O) groups is 2. The van der Waals surface area contributed by atoms with Crippen LogP contribution in [0.15, 0.2) is 53.3 Å². The number of benzene rings is 2. The SMILES string of the molecule is COc1cc2c(c(OC)c1OC)-c1ccc(NCCCC(=O)N3CCc4c([nH]c5ccccc45)C3)c(=O)cc1[C@H](NC(C)=O)CC2. The molecule has 0 unspecified atom stereocenters. The number of fused-ring (bicyclic) bond motifs is 6. The van der Waals surface area contributed by atoms with Gasteiger partial charge in [-0.25, -0.2) is 0 Å². The molecule has 0 saturated heterocycles. The summed E-state index contributed by atoms with van der Waals surface area (Å²) in [5, 5.41) is 7.53. The highest BCUT2D eigenvalue weighted by Crippen LogP contribution is 2.50. The second kappa shape index (κ2) is 13.2. The summed E-state index contributed by atoms with van der Waals surface area (Å²) in [6.07, 6.45) is 3.00. The van der Waals surface area contributed by atoms with Gasteiger partial charge in [-0.1, -0.05) is 24.3 Å². The van der Waals surface area contributed by atoms with Crippen molar-refractivity contribution in [2.24, 2.45) is 0 Å². The number of carbonyl (C=O) groups excluding carboxylic acids is 2. The number of nitrogens with zero attached hydrogens (tertiary/aromatic N) is 1. The van der Waals surface area contributed by atoms with Crippen LogP contribution in [0.5, 0.6) is 17.2 Å². The van der Waals surface area contributed by atoms with E-state index in [1.807, 2.05) is 29.2 Å². The maximum absolute atomic E-state index is 13.6. The molecule has 4 aromatic rings.